The number of aryl methyl sites for hydroxylation is 1. The van der Waals surface area contributed by atoms with Crippen LogP contribution in [0.25, 0.3) is 11.9 Å². The summed E-state index contributed by atoms with van der Waals surface area (Å²) in [6.07, 6.45) is -3.07. The van der Waals surface area contributed by atoms with Gasteiger partial charge in [-0.3, -0.25) is 4.68 Å². The van der Waals surface area contributed by atoms with Crippen LogP contribution in [0, 0.1) is 6.92 Å². The normalized spacial score (nSPS) is 18.2. The van der Waals surface area contributed by atoms with Crippen molar-refractivity contribution in [3.63, 3.8) is 0 Å². The van der Waals surface area contributed by atoms with Gasteiger partial charge in [0, 0.05) is 24.5 Å². The molecule has 1 saturated carbocycles. The fraction of sp³-hybridized carbons (Fsp3) is 0.346. The summed E-state index contributed by atoms with van der Waals surface area (Å²) in [5.41, 5.74) is 1.98. The fourth-order valence-corrected chi connectivity index (χ4v) is 4.46. The van der Waals surface area contributed by atoms with E-state index in [0.29, 0.717) is 25.2 Å². The molecule has 2 heterocycles. The Kier molecular flexibility index (Phi) is 5.51. The number of aliphatic hydroxyl groups is 1. The summed E-state index contributed by atoms with van der Waals surface area (Å²) in [4.78, 5) is 2.09. The van der Waals surface area contributed by atoms with E-state index in [1.54, 1.807) is 10.7 Å². The van der Waals surface area contributed by atoms with E-state index in [2.05, 4.69) is 10.00 Å². The molecule has 34 heavy (non-hydrogen) atoms. The molecule has 2 aromatic carbocycles. The van der Waals surface area contributed by atoms with Gasteiger partial charge < -0.3 is 10.0 Å². The summed E-state index contributed by atoms with van der Waals surface area (Å²) in [6.45, 7) is 3.54. The molecule has 0 radical (unpaired) electrons. The van der Waals surface area contributed by atoms with E-state index in [0.717, 1.165) is 16.9 Å². The second-order valence-corrected chi connectivity index (χ2v) is 9.25. The van der Waals surface area contributed by atoms with Gasteiger partial charge in [0.15, 0.2) is 5.83 Å². The minimum absolute atomic E-state index is 0.0969. The van der Waals surface area contributed by atoms with Crippen LogP contribution in [0.1, 0.15) is 40.9 Å². The number of rotatable bonds is 6. The lowest BCUT2D eigenvalue weighted by Crippen LogP contribution is -2.50. The monoisotopic (exact) mass is 471 g/mol. The Morgan fingerprint density at radius 1 is 1.12 bits per heavy atom. The minimum Gasteiger partial charge on any atom is -0.389 e. The van der Waals surface area contributed by atoms with Crippen LogP contribution in [0.5, 0.6) is 0 Å². The number of β-amino-alcohol motifs (C(OH)–C–C–N with tert-alkyl or cyclic N) is 1. The molecule has 4 nitrogen and oxygen atoms in total. The molecule has 0 amide bonds. The molecule has 5 rings (SSSR count). The van der Waals surface area contributed by atoms with Crippen LogP contribution >= 0.6 is 0 Å². The van der Waals surface area contributed by atoms with Gasteiger partial charge in [-0.2, -0.15) is 18.3 Å². The molecule has 8 heteroatoms. The fourth-order valence-electron chi connectivity index (χ4n) is 4.46. The van der Waals surface area contributed by atoms with E-state index in [1.807, 2.05) is 31.2 Å². The maximum atomic E-state index is 14.9. The van der Waals surface area contributed by atoms with Crippen LogP contribution in [0.3, 0.4) is 0 Å². The standard InChI is InChI=1S/C26H25F4N3O/c1-17-11-24(31-33(17)14-19-3-2-4-21(12-19)32-15-22(34)16-32)23(27)13-18-5-7-20(8-6-18)25(9-10-25)26(28,29)30/h2-8,11-13,22,34H,9-10,14-16H2,1H3/b23-13-. The van der Waals surface area contributed by atoms with E-state index in [4.69, 9.17) is 0 Å². The lowest BCUT2D eigenvalue weighted by Gasteiger charge is -2.38. The van der Waals surface area contributed by atoms with Crippen molar-refractivity contribution < 1.29 is 22.7 Å². The van der Waals surface area contributed by atoms with Gasteiger partial charge >= 0.3 is 6.18 Å². The predicted octanol–water partition coefficient (Wildman–Crippen LogP) is 5.48. The van der Waals surface area contributed by atoms with E-state index >= 15 is 0 Å². The van der Waals surface area contributed by atoms with Gasteiger partial charge in [0.2, 0.25) is 0 Å². The van der Waals surface area contributed by atoms with Gasteiger partial charge in [-0.15, -0.1) is 0 Å². The molecule has 0 unspecified atom stereocenters. The molecule has 3 aromatic rings. The predicted molar refractivity (Wildman–Crippen MR) is 123 cm³/mol. The molecule has 1 aromatic heterocycles. The Bertz CT molecular complexity index is 1220. The molecule has 2 fully saturated rings. The minimum atomic E-state index is -4.27. The Labute approximate surface area is 195 Å². The van der Waals surface area contributed by atoms with Crippen molar-refractivity contribution in [1.82, 2.24) is 9.78 Å². The van der Waals surface area contributed by atoms with Crippen molar-refractivity contribution >= 4 is 17.6 Å². The largest absolute Gasteiger partial charge is 0.398 e. The molecular weight excluding hydrogens is 446 g/mol. The zero-order valence-electron chi connectivity index (χ0n) is 18.7. The van der Waals surface area contributed by atoms with Crippen LogP contribution < -0.4 is 4.90 Å². The first kappa shape index (κ1) is 22.7. The number of alkyl halides is 3. The molecule has 1 aliphatic heterocycles. The molecule has 0 atom stereocenters. The number of hydrogen-bond acceptors (Lipinski definition) is 3. The van der Waals surface area contributed by atoms with Crippen LogP contribution in [0.15, 0.2) is 54.6 Å². The molecule has 2 aliphatic rings. The van der Waals surface area contributed by atoms with Crippen molar-refractivity contribution in [2.24, 2.45) is 0 Å². The number of aromatic nitrogens is 2. The molecule has 0 spiro atoms. The highest BCUT2D eigenvalue weighted by Crippen LogP contribution is 2.58. The Balaban J connectivity index is 1.30. The van der Waals surface area contributed by atoms with Gasteiger partial charge in [0.05, 0.1) is 18.1 Å². The summed E-state index contributed by atoms with van der Waals surface area (Å²) < 4.78 is 56.6. The molecule has 1 saturated heterocycles. The average Bonchev–Trinajstić information content (AvgIpc) is 3.52. The smallest absolute Gasteiger partial charge is 0.389 e. The quantitative estimate of drug-likeness (QED) is 0.484. The van der Waals surface area contributed by atoms with Crippen molar-refractivity contribution in [1.29, 1.82) is 0 Å². The topological polar surface area (TPSA) is 41.3 Å². The van der Waals surface area contributed by atoms with E-state index in [-0.39, 0.29) is 30.2 Å². The SMILES string of the molecule is Cc1cc(/C(F)=C/c2ccc(C3(C(F)(F)F)CC3)cc2)nn1Cc1cccc(N2CC(O)C2)c1. The van der Waals surface area contributed by atoms with Gasteiger partial charge in [-0.05, 0) is 60.7 Å². The second kappa shape index (κ2) is 8.27. The first-order valence-electron chi connectivity index (χ1n) is 11.3. The summed E-state index contributed by atoms with van der Waals surface area (Å²) >= 11 is 0. The highest BCUT2D eigenvalue weighted by atomic mass is 19.4. The van der Waals surface area contributed by atoms with Gasteiger partial charge in [0.1, 0.15) is 5.69 Å². The van der Waals surface area contributed by atoms with Crippen molar-refractivity contribution in [2.45, 2.75) is 44.0 Å². The van der Waals surface area contributed by atoms with E-state index in [1.165, 1.54) is 30.3 Å². The molecular formula is C26H25F4N3O. The number of anilines is 1. The molecule has 0 bridgehead atoms. The first-order valence-corrected chi connectivity index (χ1v) is 11.3. The number of halogens is 4. The third-order valence-electron chi connectivity index (χ3n) is 6.75. The van der Waals surface area contributed by atoms with Gasteiger partial charge in [0.25, 0.3) is 0 Å². The maximum absolute atomic E-state index is 14.9. The Hall–Kier alpha value is -3.13. The van der Waals surface area contributed by atoms with Crippen molar-refractivity contribution in [3.8, 4) is 0 Å². The lowest BCUT2D eigenvalue weighted by atomic mass is 9.94. The van der Waals surface area contributed by atoms with Crippen molar-refractivity contribution in [3.05, 3.63) is 82.7 Å². The Morgan fingerprint density at radius 2 is 1.82 bits per heavy atom. The van der Waals surface area contributed by atoms with Crippen LogP contribution in [-0.2, 0) is 12.0 Å². The van der Waals surface area contributed by atoms with Crippen LogP contribution in [0.4, 0.5) is 23.2 Å². The Morgan fingerprint density at radius 3 is 2.44 bits per heavy atom. The highest BCUT2D eigenvalue weighted by Gasteiger charge is 2.64. The lowest BCUT2D eigenvalue weighted by molar-refractivity contribution is -0.160. The first-order chi connectivity index (χ1) is 16.1. The third-order valence-corrected chi connectivity index (χ3v) is 6.75. The second-order valence-electron chi connectivity index (χ2n) is 9.25. The summed E-state index contributed by atoms with van der Waals surface area (Å²) in [5, 5.41) is 13.9. The summed E-state index contributed by atoms with van der Waals surface area (Å²) in [6, 6.07) is 15.5. The van der Waals surface area contributed by atoms with Crippen LogP contribution in [0.2, 0.25) is 0 Å². The summed E-state index contributed by atoms with van der Waals surface area (Å²) in [5.74, 6) is -0.546. The van der Waals surface area contributed by atoms with E-state index in [9.17, 15) is 22.7 Å². The molecule has 1 aliphatic carbocycles. The number of aliphatic hydroxyl groups excluding tert-OH is 1. The number of nitrogens with zero attached hydrogens (tertiary/aromatic N) is 3. The zero-order chi connectivity index (χ0) is 24.1. The van der Waals surface area contributed by atoms with Gasteiger partial charge in [-0.25, -0.2) is 4.39 Å². The van der Waals surface area contributed by atoms with E-state index < -0.39 is 17.4 Å². The maximum Gasteiger partial charge on any atom is 0.398 e. The number of hydrogen-bond donors (Lipinski definition) is 1. The number of benzene rings is 2. The summed E-state index contributed by atoms with van der Waals surface area (Å²) in [7, 11) is 0. The van der Waals surface area contributed by atoms with Crippen molar-refractivity contribution in [2.75, 3.05) is 18.0 Å². The third kappa shape index (κ3) is 4.22. The molecule has 1 N–H and O–H groups in total. The van der Waals surface area contributed by atoms with Crippen LogP contribution in [-0.4, -0.2) is 40.3 Å². The zero-order valence-corrected chi connectivity index (χ0v) is 18.7. The molecule has 178 valence electrons. The highest BCUT2D eigenvalue weighted by molar-refractivity contribution is 5.75. The average molecular weight is 471 g/mol. The van der Waals surface area contributed by atoms with Gasteiger partial charge in [-0.1, -0.05) is 36.4 Å².